The average Bonchev–Trinajstić information content (AvgIpc) is 2.38. The Kier molecular flexibility index (Phi) is 2.89. The number of nitrogens with two attached hydrogens (primary N) is 1. The molecule has 0 bridgehead atoms. The van der Waals surface area contributed by atoms with Crippen molar-refractivity contribution >= 4 is 11.4 Å². The van der Waals surface area contributed by atoms with Crippen LogP contribution in [-0.2, 0) is 0 Å². The van der Waals surface area contributed by atoms with Crippen molar-refractivity contribution in [2.45, 2.75) is 0 Å². The Morgan fingerprint density at radius 1 is 1.12 bits per heavy atom. The number of rotatable bonds is 2. The highest BCUT2D eigenvalue weighted by Crippen LogP contribution is 2.16. The van der Waals surface area contributed by atoms with Gasteiger partial charge in [-0.2, -0.15) is 5.26 Å². The molecule has 0 heterocycles. The SMILES string of the molecule is N#Cc1cccc(C(=N)c2ccccc2N)c1. The maximum atomic E-state index is 8.82. The number of nitriles is 1. The van der Waals surface area contributed by atoms with E-state index in [1.54, 1.807) is 36.4 Å². The standard InChI is InChI=1S/C14H11N3/c15-9-10-4-3-5-11(8-10)14(17)12-6-1-2-7-13(12)16/h1-8,17H,16H2. The van der Waals surface area contributed by atoms with Crippen LogP contribution in [0.4, 0.5) is 5.69 Å². The number of nitrogens with one attached hydrogen (secondary N) is 1. The Hall–Kier alpha value is -2.60. The second-order valence-corrected chi connectivity index (χ2v) is 3.65. The Labute approximate surface area is 99.6 Å². The maximum absolute atomic E-state index is 8.82. The van der Waals surface area contributed by atoms with Crippen LogP contribution in [0.25, 0.3) is 0 Å². The first kappa shape index (κ1) is 10.9. The lowest BCUT2D eigenvalue weighted by molar-refractivity contribution is 1.43. The highest BCUT2D eigenvalue weighted by molar-refractivity contribution is 6.13. The predicted molar refractivity (Wildman–Crippen MR) is 67.9 cm³/mol. The lowest BCUT2D eigenvalue weighted by atomic mass is 9.99. The van der Waals surface area contributed by atoms with Crippen molar-refractivity contribution in [3.05, 3.63) is 65.2 Å². The van der Waals surface area contributed by atoms with Crippen LogP contribution in [0.1, 0.15) is 16.7 Å². The Balaban J connectivity index is 2.45. The molecule has 0 aliphatic carbocycles. The second kappa shape index (κ2) is 4.50. The molecular formula is C14H11N3. The summed E-state index contributed by atoms with van der Waals surface area (Å²) in [7, 11) is 0. The molecule has 0 aliphatic rings. The second-order valence-electron chi connectivity index (χ2n) is 3.65. The van der Waals surface area contributed by atoms with Crippen molar-refractivity contribution in [3.63, 3.8) is 0 Å². The lowest BCUT2D eigenvalue weighted by Crippen LogP contribution is -2.05. The number of hydrogen-bond acceptors (Lipinski definition) is 3. The van der Waals surface area contributed by atoms with Crippen molar-refractivity contribution in [1.82, 2.24) is 0 Å². The van der Waals surface area contributed by atoms with Gasteiger partial charge in [-0.1, -0.05) is 30.3 Å². The fraction of sp³-hybridized carbons (Fsp3) is 0. The Morgan fingerprint density at radius 3 is 2.59 bits per heavy atom. The van der Waals surface area contributed by atoms with Gasteiger partial charge in [0.2, 0.25) is 0 Å². The van der Waals surface area contributed by atoms with Gasteiger partial charge in [0, 0.05) is 16.8 Å². The molecule has 0 saturated heterocycles. The number of anilines is 1. The summed E-state index contributed by atoms with van der Waals surface area (Å²) in [4.78, 5) is 0. The smallest absolute Gasteiger partial charge is 0.0991 e. The maximum Gasteiger partial charge on any atom is 0.0991 e. The molecule has 3 heteroatoms. The number of nitrogen functional groups attached to an aromatic ring is 1. The van der Waals surface area contributed by atoms with Crippen molar-refractivity contribution in [1.29, 1.82) is 10.7 Å². The van der Waals surface area contributed by atoms with Gasteiger partial charge < -0.3 is 5.73 Å². The number of benzene rings is 2. The molecule has 2 aromatic carbocycles. The molecule has 0 aromatic heterocycles. The van der Waals surface area contributed by atoms with Crippen LogP contribution < -0.4 is 5.73 Å². The summed E-state index contributed by atoms with van der Waals surface area (Å²) in [6.45, 7) is 0. The van der Waals surface area contributed by atoms with Crippen molar-refractivity contribution in [2.24, 2.45) is 0 Å². The Bertz CT molecular complexity index is 609. The van der Waals surface area contributed by atoms with Gasteiger partial charge in [0.15, 0.2) is 0 Å². The van der Waals surface area contributed by atoms with Crippen molar-refractivity contribution in [2.75, 3.05) is 5.73 Å². The topological polar surface area (TPSA) is 73.7 Å². The van der Waals surface area contributed by atoms with Crippen molar-refractivity contribution < 1.29 is 0 Å². The molecule has 0 unspecified atom stereocenters. The van der Waals surface area contributed by atoms with E-state index in [1.807, 2.05) is 12.1 Å². The molecule has 2 aromatic rings. The van der Waals surface area contributed by atoms with Crippen LogP contribution in [0.5, 0.6) is 0 Å². The third-order valence-corrected chi connectivity index (χ3v) is 2.51. The molecule has 17 heavy (non-hydrogen) atoms. The summed E-state index contributed by atoms with van der Waals surface area (Å²) in [5.74, 6) is 0. The molecule has 2 rings (SSSR count). The molecule has 3 nitrogen and oxygen atoms in total. The first-order chi connectivity index (χ1) is 8.22. The summed E-state index contributed by atoms with van der Waals surface area (Å²) >= 11 is 0. The third-order valence-electron chi connectivity index (χ3n) is 2.51. The molecule has 0 spiro atoms. The van der Waals surface area contributed by atoms with Gasteiger partial charge in [-0.15, -0.1) is 0 Å². The van der Waals surface area contributed by atoms with E-state index in [0.717, 1.165) is 0 Å². The van der Waals surface area contributed by atoms with Gasteiger partial charge in [-0.25, -0.2) is 0 Å². The van der Waals surface area contributed by atoms with E-state index in [9.17, 15) is 0 Å². The number of nitrogens with zero attached hydrogens (tertiary/aromatic N) is 1. The van der Waals surface area contributed by atoms with Gasteiger partial charge in [-0.3, -0.25) is 5.41 Å². The minimum atomic E-state index is 0.334. The lowest BCUT2D eigenvalue weighted by Gasteiger charge is -2.07. The first-order valence-electron chi connectivity index (χ1n) is 5.16. The van der Waals surface area contributed by atoms with Crippen LogP contribution in [-0.4, -0.2) is 5.71 Å². The van der Waals surface area contributed by atoms with Crippen LogP contribution in [0.15, 0.2) is 48.5 Å². The zero-order valence-electron chi connectivity index (χ0n) is 9.14. The quantitative estimate of drug-likeness (QED) is 0.604. The molecule has 0 fully saturated rings. The minimum Gasteiger partial charge on any atom is -0.398 e. The fourth-order valence-electron chi connectivity index (χ4n) is 1.62. The largest absolute Gasteiger partial charge is 0.398 e. The van der Waals surface area contributed by atoms with E-state index in [4.69, 9.17) is 16.4 Å². The molecule has 0 atom stereocenters. The average molecular weight is 221 g/mol. The van der Waals surface area contributed by atoms with E-state index in [-0.39, 0.29) is 0 Å². The monoisotopic (exact) mass is 221 g/mol. The summed E-state index contributed by atoms with van der Waals surface area (Å²) in [5.41, 5.74) is 8.65. The molecule has 3 N–H and O–H groups in total. The summed E-state index contributed by atoms with van der Waals surface area (Å²) < 4.78 is 0. The van der Waals surface area contributed by atoms with E-state index < -0.39 is 0 Å². The van der Waals surface area contributed by atoms with E-state index in [2.05, 4.69) is 6.07 Å². The van der Waals surface area contributed by atoms with E-state index >= 15 is 0 Å². The molecule has 82 valence electrons. The highest BCUT2D eigenvalue weighted by Gasteiger charge is 2.07. The molecular weight excluding hydrogens is 210 g/mol. The first-order valence-corrected chi connectivity index (χ1v) is 5.16. The number of para-hydroxylation sites is 1. The van der Waals surface area contributed by atoms with E-state index in [0.29, 0.717) is 28.1 Å². The molecule has 0 radical (unpaired) electrons. The van der Waals surface area contributed by atoms with E-state index in [1.165, 1.54) is 0 Å². The molecule has 0 aliphatic heterocycles. The Morgan fingerprint density at radius 2 is 1.88 bits per heavy atom. The summed E-state index contributed by atoms with van der Waals surface area (Å²) in [6, 6.07) is 16.3. The minimum absolute atomic E-state index is 0.334. The van der Waals surface area contributed by atoms with Gasteiger partial charge in [-0.05, 0) is 18.2 Å². The van der Waals surface area contributed by atoms with Crippen LogP contribution in [0.3, 0.4) is 0 Å². The van der Waals surface area contributed by atoms with Crippen LogP contribution in [0.2, 0.25) is 0 Å². The van der Waals surface area contributed by atoms with Crippen LogP contribution >= 0.6 is 0 Å². The normalized spacial score (nSPS) is 9.59. The summed E-state index contributed by atoms with van der Waals surface area (Å²) in [6.07, 6.45) is 0. The zero-order chi connectivity index (χ0) is 12.3. The van der Waals surface area contributed by atoms with Gasteiger partial charge in [0.25, 0.3) is 0 Å². The number of hydrogen-bond donors (Lipinski definition) is 2. The highest BCUT2D eigenvalue weighted by atomic mass is 14.6. The fourth-order valence-corrected chi connectivity index (χ4v) is 1.62. The zero-order valence-corrected chi connectivity index (χ0v) is 9.14. The molecule has 0 amide bonds. The van der Waals surface area contributed by atoms with Crippen molar-refractivity contribution in [3.8, 4) is 6.07 Å². The van der Waals surface area contributed by atoms with Crippen LogP contribution in [0, 0.1) is 16.7 Å². The predicted octanol–water partition coefficient (Wildman–Crippen LogP) is 2.56. The van der Waals surface area contributed by atoms with Gasteiger partial charge in [0.1, 0.15) is 0 Å². The van der Waals surface area contributed by atoms with Gasteiger partial charge in [0.05, 0.1) is 17.3 Å². The van der Waals surface area contributed by atoms with Gasteiger partial charge >= 0.3 is 0 Å². The summed E-state index contributed by atoms with van der Waals surface area (Å²) in [5, 5.41) is 16.9. The third kappa shape index (κ3) is 2.16. The molecule has 0 saturated carbocycles.